The number of pyridine rings is 1. The van der Waals surface area contributed by atoms with E-state index in [1.54, 1.807) is 29.3 Å². The second-order valence-corrected chi connectivity index (χ2v) is 7.72. The number of benzene rings is 1. The highest BCUT2D eigenvalue weighted by molar-refractivity contribution is 6.02. The van der Waals surface area contributed by atoms with Crippen LogP contribution in [0.3, 0.4) is 0 Å². The lowest BCUT2D eigenvalue weighted by Gasteiger charge is -2.27. The van der Waals surface area contributed by atoms with Gasteiger partial charge in [-0.25, -0.2) is 0 Å². The zero-order valence-electron chi connectivity index (χ0n) is 17.9. The number of aromatic nitrogens is 3. The molecule has 0 radical (unpaired) electrons. The number of nitrogens with zero attached hydrogens (tertiary/aromatic N) is 4. The van der Waals surface area contributed by atoms with E-state index in [9.17, 15) is 4.79 Å². The molecule has 0 bridgehead atoms. The molecule has 1 amide bonds. The summed E-state index contributed by atoms with van der Waals surface area (Å²) < 4.78 is 7.17. The summed E-state index contributed by atoms with van der Waals surface area (Å²) in [6, 6.07) is 7.99. The number of hydrogen-bond donors (Lipinski definition) is 1. The summed E-state index contributed by atoms with van der Waals surface area (Å²) in [4.78, 5) is 19.1. The van der Waals surface area contributed by atoms with Gasteiger partial charge in [0.05, 0.1) is 19.4 Å². The van der Waals surface area contributed by atoms with Crippen LogP contribution in [0, 0.1) is 6.92 Å². The first kappa shape index (κ1) is 21.0. The molecule has 0 atom stereocenters. The SMILES string of the molecule is Cc1cc(NC(=O)/C=C/c2cnccc2-c2cnn(C)c2)ccc1CN1CCOCC1. The third kappa shape index (κ3) is 5.45. The number of ether oxygens (including phenoxy) is 1. The predicted octanol–water partition coefficient (Wildman–Crippen LogP) is 3.27. The minimum Gasteiger partial charge on any atom is -0.379 e. The van der Waals surface area contributed by atoms with Crippen molar-refractivity contribution in [1.29, 1.82) is 0 Å². The molecule has 3 heterocycles. The monoisotopic (exact) mass is 417 g/mol. The Kier molecular flexibility index (Phi) is 6.54. The predicted molar refractivity (Wildman–Crippen MR) is 121 cm³/mol. The lowest BCUT2D eigenvalue weighted by molar-refractivity contribution is -0.111. The summed E-state index contributed by atoms with van der Waals surface area (Å²) in [6.07, 6.45) is 10.5. The number of carbonyl (C=O) groups excluding carboxylic acids is 1. The number of amides is 1. The van der Waals surface area contributed by atoms with E-state index in [0.29, 0.717) is 0 Å². The minimum absolute atomic E-state index is 0.179. The molecular weight excluding hydrogens is 390 g/mol. The summed E-state index contributed by atoms with van der Waals surface area (Å²) in [7, 11) is 1.88. The Labute approximate surface area is 182 Å². The zero-order valence-corrected chi connectivity index (χ0v) is 17.9. The summed E-state index contributed by atoms with van der Waals surface area (Å²) in [5.74, 6) is -0.179. The standard InChI is InChI=1S/C24H27N5O2/c1-18-13-22(5-3-20(18)17-29-9-11-31-12-10-29)27-24(30)6-4-19-14-25-8-7-23(19)21-15-26-28(2)16-21/h3-8,13-16H,9-12,17H2,1-2H3,(H,27,30)/b6-4+. The fourth-order valence-corrected chi connectivity index (χ4v) is 3.66. The zero-order chi connectivity index (χ0) is 21.6. The van der Waals surface area contributed by atoms with Crippen molar-refractivity contribution in [2.75, 3.05) is 31.6 Å². The Hall–Kier alpha value is -3.29. The first-order valence-electron chi connectivity index (χ1n) is 10.4. The molecule has 2 aromatic heterocycles. The number of nitrogens with one attached hydrogen (secondary N) is 1. The van der Waals surface area contributed by atoms with E-state index in [4.69, 9.17) is 4.74 Å². The Morgan fingerprint density at radius 3 is 2.81 bits per heavy atom. The molecule has 1 aliphatic heterocycles. The van der Waals surface area contributed by atoms with Crippen molar-refractivity contribution in [3.63, 3.8) is 0 Å². The van der Waals surface area contributed by atoms with Gasteiger partial charge >= 0.3 is 0 Å². The van der Waals surface area contributed by atoms with Crippen molar-refractivity contribution in [3.05, 3.63) is 71.8 Å². The van der Waals surface area contributed by atoms with Crippen molar-refractivity contribution in [2.24, 2.45) is 7.05 Å². The lowest BCUT2D eigenvalue weighted by atomic mass is 10.0. The van der Waals surface area contributed by atoms with Gasteiger partial charge in [-0.15, -0.1) is 0 Å². The molecule has 7 nitrogen and oxygen atoms in total. The largest absolute Gasteiger partial charge is 0.379 e. The molecule has 0 unspecified atom stereocenters. The fraction of sp³-hybridized carbons (Fsp3) is 0.292. The van der Waals surface area contributed by atoms with Gasteiger partial charge in [0.25, 0.3) is 0 Å². The van der Waals surface area contributed by atoms with Crippen LogP contribution in [-0.2, 0) is 23.1 Å². The highest BCUT2D eigenvalue weighted by Gasteiger charge is 2.12. The average Bonchev–Trinajstić information content (AvgIpc) is 3.21. The Morgan fingerprint density at radius 1 is 1.23 bits per heavy atom. The molecule has 1 aliphatic rings. The Balaban J connectivity index is 1.41. The average molecular weight is 418 g/mol. The van der Waals surface area contributed by atoms with Gasteiger partial charge in [0.15, 0.2) is 0 Å². The highest BCUT2D eigenvalue weighted by atomic mass is 16.5. The summed E-state index contributed by atoms with van der Waals surface area (Å²) >= 11 is 0. The number of carbonyl (C=O) groups is 1. The second kappa shape index (κ2) is 9.68. The van der Waals surface area contributed by atoms with Gasteiger partial charge in [0.1, 0.15) is 0 Å². The van der Waals surface area contributed by atoms with Crippen molar-refractivity contribution >= 4 is 17.7 Å². The maximum absolute atomic E-state index is 12.5. The molecule has 1 aromatic carbocycles. The first-order chi connectivity index (χ1) is 15.1. The molecule has 1 saturated heterocycles. The minimum atomic E-state index is -0.179. The van der Waals surface area contributed by atoms with Crippen molar-refractivity contribution in [2.45, 2.75) is 13.5 Å². The number of rotatable bonds is 6. The van der Waals surface area contributed by atoms with E-state index < -0.39 is 0 Å². The summed E-state index contributed by atoms with van der Waals surface area (Å²) in [5.41, 5.74) is 6.05. The molecule has 4 rings (SSSR count). The number of hydrogen-bond acceptors (Lipinski definition) is 5. The molecule has 3 aromatic rings. The normalized spacial score (nSPS) is 14.8. The van der Waals surface area contributed by atoms with Crippen molar-refractivity contribution in [3.8, 4) is 11.1 Å². The summed E-state index contributed by atoms with van der Waals surface area (Å²) in [6.45, 7) is 6.48. The third-order valence-electron chi connectivity index (χ3n) is 5.39. The van der Waals surface area contributed by atoms with Crippen LogP contribution in [0.4, 0.5) is 5.69 Å². The van der Waals surface area contributed by atoms with Crippen LogP contribution in [0.15, 0.2) is 55.1 Å². The third-order valence-corrected chi connectivity index (χ3v) is 5.39. The van der Waals surface area contributed by atoms with Crippen LogP contribution in [-0.4, -0.2) is 51.9 Å². The molecule has 0 saturated carbocycles. The number of anilines is 1. The van der Waals surface area contributed by atoms with E-state index >= 15 is 0 Å². The van der Waals surface area contributed by atoms with E-state index in [2.05, 4.69) is 33.3 Å². The second-order valence-electron chi connectivity index (χ2n) is 7.72. The van der Waals surface area contributed by atoms with Crippen LogP contribution < -0.4 is 5.32 Å². The lowest BCUT2D eigenvalue weighted by Crippen LogP contribution is -2.35. The number of morpholine rings is 1. The molecule has 1 N–H and O–H groups in total. The molecule has 0 aliphatic carbocycles. The van der Waals surface area contributed by atoms with Gasteiger partial charge in [-0.2, -0.15) is 5.10 Å². The quantitative estimate of drug-likeness (QED) is 0.623. The van der Waals surface area contributed by atoms with E-state index in [0.717, 1.165) is 55.2 Å². The topological polar surface area (TPSA) is 72.3 Å². The Bertz CT molecular complexity index is 1080. The molecular formula is C24H27N5O2. The molecule has 31 heavy (non-hydrogen) atoms. The van der Waals surface area contributed by atoms with Crippen LogP contribution >= 0.6 is 0 Å². The molecule has 7 heteroatoms. The molecule has 1 fully saturated rings. The van der Waals surface area contributed by atoms with Gasteiger partial charge in [-0.1, -0.05) is 6.07 Å². The van der Waals surface area contributed by atoms with Gasteiger partial charge in [0.2, 0.25) is 5.91 Å². The highest BCUT2D eigenvalue weighted by Crippen LogP contribution is 2.23. The van der Waals surface area contributed by atoms with Gasteiger partial charge in [0, 0.05) is 68.2 Å². The van der Waals surface area contributed by atoms with Crippen molar-refractivity contribution in [1.82, 2.24) is 19.7 Å². The maximum Gasteiger partial charge on any atom is 0.248 e. The smallest absolute Gasteiger partial charge is 0.248 e. The number of aryl methyl sites for hydroxylation is 2. The van der Waals surface area contributed by atoms with Gasteiger partial charge in [-0.05, 0) is 47.9 Å². The molecule has 160 valence electrons. The van der Waals surface area contributed by atoms with Crippen LogP contribution in [0.5, 0.6) is 0 Å². The van der Waals surface area contributed by atoms with Gasteiger partial charge in [-0.3, -0.25) is 19.4 Å². The van der Waals surface area contributed by atoms with E-state index in [1.807, 2.05) is 31.4 Å². The Morgan fingerprint density at radius 2 is 2.06 bits per heavy atom. The first-order valence-corrected chi connectivity index (χ1v) is 10.4. The van der Waals surface area contributed by atoms with E-state index in [1.165, 1.54) is 17.2 Å². The van der Waals surface area contributed by atoms with E-state index in [-0.39, 0.29) is 5.91 Å². The maximum atomic E-state index is 12.5. The van der Waals surface area contributed by atoms with Crippen LogP contribution in [0.25, 0.3) is 17.2 Å². The van der Waals surface area contributed by atoms with Gasteiger partial charge < -0.3 is 10.1 Å². The molecule has 0 spiro atoms. The summed E-state index contributed by atoms with van der Waals surface area (Å²) in [5, 5.41) is 7.17. The van der Waals surface area contributed by atoms with Crippen LogP contribution in [0.2, 0.25) is 0 Å². The van der Waals surface area contributed by atoms with Crippen LogP contribution in [0.1, 0.15) is 16.7 Å². The van der Waals surface area contributed by atoms with Crippen molar-refractivity contribution < 1.29 is 9.53 Å². The fourth-order valence-electron chi connectivity index (χ4n) is 3.66.